The number of nitrogens with one attached hydrogen (secondary N) is 2. The van der Waals surface area contributed by atoms with Gasteiger partial charge in [-0.2, -0.15) is 4.98 Å². The van der Waals surface area contributed by atoms with Gasteiger partial charge < -0.3 is 34.2 Å². The molecule has 2 heterocycles. The van der Waals surface area contributed by atoms with E-state index in [9.17, 15) is 14.4 Å². The monoisotopic (exact) mass is 556 g/mol. The van der Waals surface area contributed by atoms with Crippen molar-refractivity contribution in [3.05, 3.63) is 35.5 Å². The minimum Gasteiger partial charge on any atom is -0.466 e. The van der Waals surface area contributed by atoms with Crippen LogP contribution >= 0.6 is 0 Å². The van der Waals surface area contributed by atoms with E-state index >= 15 is 0 Å². The molecule has 3 rings (SSSR count). The fraction of sp³-hybridized carbons (Fsp3) is 0.519. The first kappa shape index (κ1) is 30.8. The number of anilines is 3. The average Bonchev–Trinajstić information content (AvgIpc) is 2.90. The number of carbonyl (C=O) groups excluding carboxylic acids is 3. The Morgan fingerprint density at radius 2 is 1.70 bits per heavy atom. The molecule has 0 amide bonds. The lowest BCUT2D eigenvalue weighted by Crippen LogP contribution is -2.49. The van der Waals surface area contributed by atoms with Crippen molar-refractivity contribution in [3.8, 4) is 0 Å². The fourth-order valence-electron chi connectivity index (χ4n) is 3.99. The largest absolute Gasteiger partial charge is 0.494 e. The molecule has 13 heteroatoms. The highest BCUT2D eigenvalue weighted by Crippen LogP contribution is 2.24. The summed E-state index contributed by atoms with van der Waals surface area (Å²) >= 11 is 0. The van der Waals surface area contributed by atoms with E-state index in [1.807, 2.05) is 13.8 Å². The van der Waals surface area contributed by atoms with Gasteiger partial charge in [0.05, 0.1) is 38.7 Å². The van der Waals surface area contributed by atoms with Crippen LogP contribution in [0.25, 0.3) is 0 Å². The third-order valence-electron chi connectivity index (χ3n) is 5.97. The Morgan fingerprint density at radius 3 is 2.27 bits per heavy atom. The summed E-state index contributed by atoms with van der Waals surface area (Å²) in [6.07, 6.45) is 1.50. The SMILES string of the molecule is CCOC(=O)CC(CC(=O)OCC)Nc1nc(Nc2ccc(B3OCC(C)(C)CO3)c(C(=O)OC)c2)ncc1C. The molecule has 1 saturated heterocycles. The van der Waals surface area contributed by atoms with Crippen molar-refractivity contribution in [3.63, 3.8) is 0 Å². The number of hydrogen-bond donors (Lipinski definition) is 2. The third-order valence-corrected chi connectivity index (χ3v) is 5.97. The Labute approximate surface area is 234 Å². The normalized spacial score (nSPS) is 14.4. The number of aryl methyl sites for hydroxylation is 1. The molecule has 0 radical (unpaired) electrons. The van der Waals surface area contributed by atoms with Crippen LogP contribution in [0.15, 0.2) is 24.4 Å². The number of ether oxygens (including phenoxy) is 3. The van der Waals surface area contributed by atoms with Crippen LogP contribution in [0.1, 0.15) is 56.5 Å². The molecule has 1 aromatic carbocycles. The molecule has 216 valence electrons. The van der Waals surface area contributed by atoms with Crippen LogP contribution in [-0.4, -0.2) is 74.6 Å². The molecule has 0 atom stereocenters. The van der Waals surface area contributed by atoms with Gasteiger partial charge in [0, 0.05) is 42.1 Å². The number of aromatic nitrogens is 2. The minimum absolute atomic E-state index is 0.0503. The Balaban J connectivity index is 1.82. The molecule has 0 aliphatic carbocycles. The first-order valence-electron chi connectivity index (χ1n) is 13.2. The number of nitrogens with zero attached hydrogens (tertiary/aromatic N) is 2. The van der Waals surface area contributed by atoms with Gasteiger partial charge in [-0.1, -0.05) is 19.9 Å². The molecule has 1 aliphatic heterocycles. The van der Waals surface area contributed by atoms with Gasteiger partial charge in [-0.25, -0.2) is 9.78 Å². The van der Waals surface area contributed by atoms with E-state index in [2.05, 4.69) is 20.6 Å². The fourth-order valence-corrected chi connectivity index (χ4v) is 3.99. The predicted octanol–water partition coefficient (Wildman–Crippen LogP) is 2.77. The van der Waals surface area contributed by atoms with Crippen molar-refractivity contribution in [2.45, 2.75) is 53.5 Å². The quantitative estimate of drug-likeness (QED) is 0.225. The van der Waals surface area contributed by atoms with Gasteiger partial charge in [-0.15, -0.1) is 0 Å². The predicted molar refractivity (Wildman–Crippen MR) is 149 cm³/mol. The van der Waals surface area contributed by atoms with Crippen LogP contribution in [-0.2, 0) is 33.1 Å². The van der Waals surface area contributed by atoms with Crippen molar-refractivity contribution in [1.29, 1.82) is 0 Å². The maximum absolute atomic E-state index is 12.6. The number of carbonyl (C=O) groups is 3. The van der Waals surface area contributed by atoms with Crippen molar-refractivity contribution in [2.24, 2.45) is 5.41 Å². The maximum atomic E-state index is 12.6. The number of benzene rings is 1. The van der Waals surface area contributed by atoms with E-state index in [4.69, 9.17) is 23.5 Å². The van der Waals surface area contributed by atoms with Crippen LogP contribution in [0.2, 0.25) is 0 Å². The second kappa shape index (κ2) is 14.1. The van der Waals surface area contributed by atoms with Crippen LogP contribution in [0.4, 0.5) is 17.5 Å². The zero-order valence-electron chi connectivity index (χ0n) is 23.9. The summed E-state index contributed by atoms with van der Waals surface area (Å²) in [7, 11) is 0.611. The molecule has 0 saturated carbocycles. The number of esters is 3. The van der Waals surface area contributed by atoms with Gasteiger partial charge in [0.15, 0.2) is 0 Å². The molecule has 0 bridgehead atoms. The topological polar surface area (TPSA) is 147 Å². The molecular weight excluding hydrogens is 519 g/mol. The van der Waals surface area contributed by atoms with Gasteiger partial charge in [0.25, 0.3) is 0 Å². The molecule has 2 N–H and O–H groups in total. The number of rotatable bonds is 12. The van der Waals surface area contributed by atoms with E-state index in [1.165, 1.54) is 7.11 Å². The second-order valence-corrected chi connectivity index (χ2v) is 10.1. The lowest BCUT2D eigenvalue weighted by molar-refractivity contribution is -0.145. The summed E-state index contributed by atoms with van der Waals surface area (Å²) in [6, 6.07) is 4.51. The van der Waals surface area contributed by atoms with Gasteiger partial charge in [0.1, 0.15) is 5.82 Å². The summed E-state index contributed by atoms with van der Waals surface area (Å²) < 4.78 is 26.9. The molecule has 1 aliphatic rings. The van der Waals surface area contributed by atoms with E-state index in [1.54, 1.807) is 45.2 Å². The Bertz CT molecular complexity index is 1180. The van der Waals surface area contributed by atoms with Crippen molar-refractivity contribution in [1.82, 2.24) is 9.97 Å². The van der Waals surface area contributed by atoms with Gasteiger partial charge in [0.2, 0.25) is 5.95 Å². The summed E-state index contributed by atoms with van der Waals surface area (Å²) in [5, 5.41) is 6.24. The van der Waals surface area contributed by atoms with Crippen molar-refractivity contribution < 1.29 is 37.9 Å². The Kier molecular flexibility index (Phi) is 10.9. The highest BCUT2D eigenvalue weighted by Gasteiger charge is 2.36. The van der Waals surface area contributed by atoms with Crippen molar-refractivity contribution in [2.75, 3.05) is 44.2 Å². The van der Waals surface area contributed by atoms with E-state index in [0.29, 0.717) is 35.7 Å². The van der Waals surface area contributed by atoms with E-state index in [0.717, 1.165) is 0 Å². The number of hydrogen-bond acceptors (Lipinski definition) is 12. The summed E-state index contributed by atoms with van der Waals surface area (Å²) in [4.78, 5) is 45.8. The van der Waals surface area contributed by atoms with Gasteiger partial charge in [-0.05, 0) is 38.4 Å². The third kappa shape index (κ3) is 8.65. The molecule has 0 spiro atoms. The molecule has 40 heavy (non-hydrogen) atoms. The molecule has 12 nitrogen and oxygen atoms in total. The molecule has 1 aromatic heterocycles. The molecule has 0 unspecified atom stereocenters. The van der Waals surface area contributed by atoms with Gasteiger partial charge >= 0.3 is 25.0 Å². The first-order chi connectivity index (χ1) is 19.0. The molecular formula is C27H37BN4O8. The lowest BCUT2D eigenvalue weighted by atomic mass is 9.73. The van der Waals surface area contributed by atoms with Crippen molar-refractivity contribution >= 4 is 47.9 Å². The first-order valence-corrected chi connectivity index (χ1v) is 13.2. The van der Waals surface area contributed by atoms with Crippen LogP contribution in [0, 0.1) is 12.3 Å². The average molecular weight is 556 g/mol. The molecule has 1 fully saturated rings. The summed E-state index contributed by atoms with van der Waals surface area (Å²) in [5.74, 6) is -0.774. The van der Waals surface area contributed by atoms with Crippen LogP contribution in [0.5, 0.6) is 0 Å². The maximum Gasteiger partial charge on any atom is 0.494 e. The molecule has 2 aromatic rings. The van der Waals surface area contributed by atoms with Crippen LogP contribution < -0.4 is 16.1 Å². The highest BCUT2D eigenvalue weighted by molar-refractivity contribution is 6.63. The second-order valence-electron chi connectivity index (χ2n) is 10.1. The number of methoxy groups -OCH3 is 1. The summed E-state index contributed by atoms with van der Waals surface area (Å²) in [5.41, 5.74) is 1.95. The zero-order valence-corrected chi connectivity index (χ0v) is 23.9. The van der Waals surface area contributed by atoms with E-state index in [-0.39, 0.29) is 43.0 Å². The zero-order chi connectivity index (χ0) is 29.3. The Hall–Kier alpha value is -3.71. The standard InChI is InChI=1S/C27H37BN4O8/c1-7-37-22(33)12-19(13-23(34)38-8-2)30-24-17(3)14-29-26(32-24)31-18-9-10-21(20(11-18)25(35)36-6)28-39-15-27(4,5)16-40-28/h9-11,14,19H,7-8,12-13,15-16H2,1-6H3,(H2,29,30,31,32). The summed E-state index contributed by atoms with van der Waals surface area (Å²) in [6.45, 7) is 10.7. The highest BCUT2D eigenvalue weighted by atomic mass is 16.6. The lowest BCUT2D eigenvalue weighted by Gasteiger charge is -2.33. The smallest absolute Gasteiger partial charge is 0.466 e. The van der Waals surface area contributed by atoms with Gasteiger partial charge in [-0.3, -0.25) is 9.59 Å². The van der Waals surface area contributed by atoms with Crippen LogP contribution in [0.3, 0.4) is 0 Å². The Morgan fingerprint density at radius 1 is 1.07 bits per heavy atom. The van der Waals surface area contributed by atoms with E-state index < -0.39 is 31.1 Å². The minimum atomic E-state index is -0.696.